The highest BCUT2D eigenvalue weighted by molar-refractivity contribution is 6.11. The second kappa shape index (κ2) is 3.58. The lowest BCUT2D eigenvalue weighted by Gasteiger charge is -2.25. The predicted molar refractivity (Wildman–Crippen MR) is 50.7 cm³/mol. The first-order chi connectivity index (χ1) is 6.07. The Balaban J connectivity index is 2.95. The average molecular weight is 183 g/mol. The largest absolute Gasteiger partial charge is 0.393 e. The SMILES string of the molecule is BC1OC(CO)(N=[N+]=[N-])C(C)C1C. The Morgan fingerprint density at radius 3 is 2.62 bits per heavy atom. The monoisotopic (exact) mass is 183 g/mol. The second-order valence-electron chi connectivity index (χ2n) is 3.66. The first kappa shape index (κ1) is 10.4. The molecule has 0 radical (unpaired) electrons. The van der Waals surface area contributed by atoms with Crippen molar-refractivity contribution in [2.24, 2.45) is 17.0 Å². The van der Waals surface area contributed by atoms with Crippen LogP contribution < -0.4 is 0 Å². The Morgan fingerprint density at radius 1 is 1.69 bits per heavy atom. The van der Waals surface area contributed by atoms with Gasteiger partial charge in [-0.05, 0) is 17.4 Å². The van der Waals surface area contributed by atoms with Gasteiger partial charge >= 0.3 is 0 Å². The maximum absolute atomic E-state index is 9.16. The fourth-order valence-corrected chi connectivity index (χ4v) is 1.76. The van der Waals surface area contributed by atoms with Gasteiger partial charge in [-0.15, -0.1) is 0 Å². The third-order valence-corrected chi connectivity index (χ3v) is 3.07. The lowest BCUT2D eigenvalue weighted by atomic mass is 9.80. The molecule has 4 unspecified atom stereocenters. The van der Waals surface area contributed by atoms with E-state index in [1.54, 1.807) is 0 Å². The molecule has 1 N–H and O–H groups in total. The van der Waals surface area contributed by atoms with Gasteiger partial charge in [0.25, 0.3) is 0 Å². The summed E-state index contributed by atoms with van der Waals surface area (Å²) < 4.78 is 5.49. The zero-order valence-electron chi connectivity index (χ0n) is 8.14. The number of nitrogens with zero attached hydrogens (tertiary/aromatic N) is 3. The number of azide groups is 1. The first-order valence-electron chi connectivity index (χ1n) is 4.42. The number of aliphatic hydroxyl groups excluding tert-OH is 1. The Labute approximate surface area is 78.1 Å². The third kappa shape index (κ3) is 1.53. The van der Waals surface area contributed by atoms with Crippen LogP contribution in [0, 0.1) is 11.8 Å². The topological polar surface area (TPSA) is 78.2 Å². The average Bonchev–Trinajstić information content (AvgIpc) is 2.32. The summed E-state index contributed by atoms with van der Waals surface area (Å²) >= 11 is 0. The molecule has 1 rings (SSSR count). The van der Waals surface area contributed by atoms with E-state index in [9.17, 15) is 0 Å². The van der Waals surface area contributed by atoms with Crippen molar-refractivity contribution >= 4 is 7.85 Å². The van der Waals surface area contributed by atoms with Crippen LogP contribution in [0.3, 0.4) is 0 Å². The van der Waals surface area contributed by atoms with Crippen LogP contribution in [0.5, 0.6) is 0 Å². The zero-order chi connectivity index (χ0) is 10.1. The van der Waals surface area contributed by atoms with Gasteiger partial charge in [-0.25, -0.2) is 0 Å². The summed E-state index contributed by atoms with van der Waals surface area (Å²) in [6, 6.07) is 0.0210. The quantitative estimate of drug-likeness (QED) is 0.288. The summed E-state index contributed by atoms with van der Waals surface area (Å²) in [5.41, 5.74) is 7.33. The third-order valence-electron chi connectivity index (χ3n) is 3.07. The summed E-state index contributed by atoms with van der Waals surface area (Å²) in [5, 5.41) is 12.7. The van der Waals surface area contributed by atoms with Gasteiger partial charge in [-0.1, -0.05) is 19.0 Å². The number of rotatable bonds is 2. The fraction of sp³-hybridized carbons (Fsp3) is 1.00. The Morgan fingerprint density at radius 2 is 2.31 bits per heavy atom. The van der Waals surface area contributed by atoms with E-state index in [-0.39, 0.29) is 24.4 Å². The van der Waals surface area contributed by atoms with E-state index in [0.29, 0.717) is 0 Å². The van der Waals surface area contributed by atoms with Crippen molar-refractivity contribution in [1.29, 1.82) is 0 Å². The summed E-state index contributed by atoms with van der Waals surface area (Å²) in [7, 11) is 1.92. The van der Waals surface area contributed by atoms with E-state index in [0.717, 1.165) is 0 Å². The molecule has 0 aliphatic carbocycles. The maximum Gasteiger partial charge on any atom is 0.172 e. The van der Waals surface area contributed by atoms with Crippen molar-refractivity contribution in [3.63, 3.8) is 0 Å². The highest BCUT2D eigenvalue weighted by atomic mass is 16.5. The molecule has 1 saturated heterocycles. The van der Waals surface area contributed by atoms with Crippen molar-refractivity contribution < 1.29 is 9.84 Å². The predicted octanol–water partition coefficient (Wildman–Crippen LogP) is 0.247. The summed E-state index contributed by atoms with van der Waals surface area (Å²) in [6.07, 6.45) is 0. The van der Waals surface area contributed by atoms with Gasteiger partial charge in [-0.2, -0.15) is 0 Å². The molecule has 13 heavy (non-hydrogen) atoms. The number of hydrogen-bond acceptors (Lipinski definition) is 3. The molecule has 1 aliphatic rings. The van der Waals surface area contributed by atoms with E-state index in [1.165, 1.54) is 0 Å². The molecule has 5 nitrogen and oxygen atoms in total. The van der Waals surface area contributed by atoms with Crippen LogP contribution in [0.2, 0.25) is 0 Å². The highest BCUT2D eigenvalue weighted by Crippen LogP contribution is 2.40. The zero-order valence-corrected chi connectivity index (χ0v) is 8.14. The first-order valence-corrected chi connectivity index (χ1v) is 4.42. The van der Waals surface area contributed by atoms with Crippen molar-refractivity contribution in [1.82, 2.24) is 0 Å². The Hall–Kier alpha value is -0.705. The van der Waals surface area contributed by atoms with Crippen LogP contribution in [-0.4, -0.2) is 31.3 Å². The molecule has 0 amide bonds. The number of hydrogen-bond donors (Lipinski definition) is 1. The summed E-state index contributed by atoms with van der Waals surface area (Å²) in [5.74, 6) is 0.334. The van der Waals surface area contributed by atoms with Crippen LogP contribution >= 0.6 is 0 Å². The molecule has 0 saturated carbocycles. The van der Waals surface area contributed by atoms with Gasteiger partial charge in [0.15, 0.2) is 5.72 Å². The van der Waals surface area contributed by atoms with Crippen LogP contribution in [-0.2, 0) is 4.74 Å². The minimum absolute atomic E-state index is 0.0210. The van der Waals surface area contributed by atoms with Crippen LogP contribution in [0.4, 0.5) is 0 Å². The van der Waals surface area contributed by atoms with Crippen LogP contribution in [0.25, 0.3) is 10.4 Å². The smallest absolute Gasteiger partial charge is 0.172 e. The molecule has 0 aromatic rings. The maximum atomic E-state index is 9.16. The molecule has 1 aliphatic heterocycles. The van der Waals surface area contributed by atoms with Gasteiger partial charge < -0.3 is 9.84 Å². The van der Waals surface area contributed by atoms with Gasteiger partial charge in [0.2, 0.25) is 0 Å². The second-order valence-corrected chi connectivity index (χ2v) is 3.66. The molecule has 0 spiro atoms. The van der Waals surface area contributed by atoms with Gasteiger partial charge in [-0.3, -0.25) is 0 Å². The van der Waals surface area contributed by atoms with Crippen LogP contribution in [0.15, 0.2) is 5.11 Å². The normalized spacial score (nSPS) is 44.4. The molecule has 1 fully saturated rings. The standard InChI is InChI=1S/C7H14BN3O2/c1-4-5(2)7(3-12,10-11-9)13-6(4)8/h4-6,12H,3,8H2,1-2H3. The van der Waals surface area contributed by atoms with Crippen molar-refractivity contribution in [2.75, 3.05) is 6.61 Å². The molecule has 0 aromatic heterocycles. The molecule has 4 atom stereocenters. The van der Waals surface area contributed by atoms with E-state index in [4.69, 9.17) is 15.4 Å². The number of ether oxygens (including phenoxy) is 1. The van der Waals surface area contributed by atoms with E-state index in [1.807, 2.05) is 21.7 Å². The van der Waals surface area contributed by atoms with Gasteiger partial charge in [0.05, 0.1) is 6.61 Å². The molecule has 1 heterocycles. The molecular weight excluding hydrogens is 169 g/mol. The minimum Gasteiger partial charge on any atom is -0.393 e. The summed E-state index contributed by atoms with van der Waals surface area (Å²) in [6.45, 7) is 3.70. The van der Waals surface area contributed by atoms with Crippen molar-refractivity contribution in [3.8, 4) is 0 Å². The molecule has 6 heteroatoms. The van der Waals surface area contributed by atoms with E-state index >= 15 is 0 Å². The van der Waals surface area contributed by atoms with Gasteiger partial charge in [0, 0.05) is 10.9 Å². The van der Waals surface area contributed by atoms with Gasteiger partial charge in [0.1, 0.15) is 7.85 Å². The Bertz CT molecular complexity index is 244. The van der Waals surface area contributed by atoms with Crippen molar-refractivity contribution in [3.05, 3.63) is 10.4 Å². The molecular formula is C7H14BN3O2. The molecule has 72 valence electrons. The van der Waals surface area contributed by atoms with E-state index in [2.05, 4.69) is 10.0 Å². The lowest BCUT2D eigenvalue weighted by molar-refractivity contribution is -0.0634. The van der Waals surface area contributed by atoms with Crippen LogP contribution in [0.1, 0.15) is 13.8 Å². The minimum atomic E-state index is -1.05. The van der Waals surface area contributed by atoms with E-state index < -0.39 is 5.72 Å². The fourth-order valence-electron chi connectivity index (χ4n) is 1.76. The number of aliphatic hydroxyl groups is 1. The Kier molecular flexibility index (Phi) is 2.85. The summed E-state index contributed by atoms with van der Waals surface area (Å²) in [4.78, 5) is 2.72. The molecule has 0 aromatic carbocycles. The van der Waals surface area contributed by atoms with Crippen molar-refractivity contribution in [2.45, 2.75) is 25.6 Å². The lowest BCUT2D eigenvalue weighted by Crippen LogP contribution is -2.36. The highest BCUT2D eigenvalue weighted by Gasteiger charge is 2.48. The molecule has 0 bridgehead atoms.